The Labute approximate surface area is 228 Å². The second-order valence-corrected chi connectivity index (χ2v) is 9.25. The van der Waals surface area contributed by atoms with E-state index in [1.165, 1.54) is 11.6 Å². The first-order chi connectivity index (χ1) is 18.7. The number of carbonyl (C=O) groups excluding carboxylic acids is 4. The number of esters is 4. The van der Waals surface area contributed by atoms with E-state index in [1.807, 2.05) is 13.8 Å². The molecular weight excluding hydrogens is 528 g/mol. The van der Waals surface area contributed by atoms with Crippen LogP contribution in [-0.2, 0) is 51.7 Å². The number of ether oxygens (including phenoxy) is 4. The minimum Gasteiger partial charge on any atom is -0.462 e. The standard InChI is InChI=1S/C26H30N4O10/c1-12-8-18-19(9-13(12)2)30(24-22(27-18)25(35)29(7)26(36)28-24)10-20(38-15(4)32)23(40-17(6)34)21(39-16(5)33)11-37-14(3)31/h8-9,20-21,23H,10-11H2,1-7H3. The van der Waals surface area contributed by atoms with Gasteiger partial charge in [-0.15, -0.1) is 0 Å². The summed E-state index contributed by atoms with van der Waals surface area (Å²) in [7, 11) is 1.27. The predicted octanol–water partition coefficient (Wildman–Crippen LogP) is 0.570. The molecule has 0 saturated heterocycles. The summed E-state index contributed by atoms with van der Waals surface area (Å²) < 4.78 is 23.6. The molecule has 0 spiro atoms. The Hall–Kier alpha value is -4.62. The van der Waals surface area contributed by atoms with Gasteiger partial charge < -0.3 is 23.5 Å². The van der Waals surface area contributed by atoms with Gasteiger partial charge in [0.2, 0.25) is 0 Å². The number of benzene rings is 1. The molecule has 214 valence electrons. The molecule has 2 aliphatic rings. The molecule has 3 unspecified atom stereocenters. The zero-order valence-corrected chi connectivity index (χ0v) is 23.2. The van der Waals surface area contributed by atoms with Crippen LogP contribution in [0.1, 0.15) is 38.8 Å². The van der Waals surface area contributed by atoms with Crippen LogP contribution in [0.5, 0.6) is 0 Å². The lowest BCUT2D eigenvalue weighted by atomic mass is 10.1. The molecule has 3 atom stereocenters. The highest BCUT2D eigenvalue weighted by molar-refractivity contribution is 5.81. The van der Waals surface area contributed by atoms with E-state index in [2.05, 4.69) is 9.97 Å². The van der Waals surface area contributed by atoms with Crippen LogP contribution in [0.4, 0.5) is 0 Å². The van der Waals surface area contributed by atoms with Gasteiger partial charge in [-0.25, -0.2) is 9.78 Å². The van der Waals surface area contributed by atoms with Crippen LogP contribution in [0.25, 0.3) is 22.6 Å². The van der Waals surface area contributed by atoms with Gasteiger partial charge in [-0.05, 0) is 37.1 Å². The summed E-state index contributed by atoms with van der Waals surface area (Å²) in [6.45, 7) is 7.32. The average molecular weight is 559 g/mol. The van der Waals surface area contributed by atoms with Crippen LogP contribution in [0.2, 0.25) is 0 Å². The first kappa shape index (κ1) is 29.9. The highest BCUT2D eigenvalue weighted by Crippen LogP contribution is 2.26. The summed E-state index contributed by atoms with van der Waals surface area (Å²) in [4.78, 5) is 81.8. The highest BCUT2D eigenvalue weighted by Gasteiger charge is 2.39. The van der Waals surface area contributed by atoms with Gasteiger partial charge in [0.1, 0.15) is 6.61 Å². The van der Waals surface area contributed by atoms with Gasteiger partial charge >= 0.3 is 29.6 Å². The molecule has 1 aromatic carbocycles. The monoisotopic (exact) mass is 558 g/mol. The molecule has 0 fully saturated rings. The van der Waals surface area contributed by atoms with Crippen molar-refractivity contribution >= 4 is 34.9 Å². The third-order valence-corrected chi connectivity index (χ3v) is 6.06. The van der Waals surface area contributed by atoms with Gasteiger partial charge in [0, 0.05) is 34.7 Å². The second-order valence-electron chi connectivity index (χ2n) is 9.25. The van der Waals surface area contributed by atoms with Crippen molar-refractivity contribution in [2.75, 3.05) is 6.61 Å². The van der Waals surface area contributed by atoms with Crippen LogP contribution in [-0.4, -0.2) is 67.9 Å². The molecule has 0 saturated carbocycles. The Morgan fingerprint density at radius 2 is 1.40 bits per heavy atom. The van der Waals surface area contributed by atoms with Crippen molar-refractivity contribution in [2.24, 2.45) is 7.05 Å². The molecule has 0 N–H and O–H groups in total. The fourth-order valence-corrected chi connectivity index (χ4v) is 4.15. The van der Waals surface area contributed by atoms with Crippen molar-refractivity contribution in [3.05, 3.63) is 44.1 Å². The maximum atomic E-state index is 13.0. The smallest absolute Gasteiger partial charge is 0.352 e. The zero-order valence-electron chi connectivity index (χ0n) is 23.2. The fraction of sp³-hybridized carbons (Fsp3) is 0.462. The van der Waals surface area contributed by atoms with Gasteiger partial charge in [-0.3, -0.25) is 28.5 Å². The van der Waals surface area contributed by atoms with E-state index in [1.54, 1.807) is 12.1 Å². The van der Waals surface area contributed by atoms with Gasteiger partial charge in [0.25, 0.3) is 5.56 Å². The Bertz CT molecular complexity index is 1570. The van der Waals surface area contributed by atoms with Gasteiger partial charge in [-0.1, -0.05) is 0 Å². The van der Waals surface area contributed by atoms with Crippen molar-refractivity contribution in [2.45, 2.75) is 66.4 Å². The van der Waals surface area contributed by atoms with E-state index in [9.17, 15) is 28.8 Å². The lowest BCUT2D eigenvalue weighted by Crippen LogP contribution is -2.49. The predicted molar refractivity (Wildman–Crippen MR) is 138 cm³/mol. The van der Waals surface area contributed by atoms with Crippen molar-refractivity contribution in [3.63, 3.8) is 0 Å². The molecule has 14 nitrogen and oxygen atoms in total. The number of rotatable bonds is 9. The molecular formula is C26H30N4O10. The number of fused-ring (bicyclic) bond motifs is 2. The summed E-state index contributed by atoms with van der Waals surface area (Å²) in [5.41, 5.74) is 0.874. The lowest BCUT2D eigenvalue weighted by molar-refractivity contribution is -0.190. The molecule has 0 aromatic heterocycles. The van der Waals surface area contributed by atoms with E-state index >= 15 is 0 Å². The van der Waals surface area contributed by atoms with Crippen LogP contribution in [0.15, 0.2) is 21.7 Å². The van der Waals surface area contributed by atoms with E-state index in [4.69, 9.17) is 18.9 Å². The van der Waals surface area contributed by atoms with Crippen molar-refractivity contribution < 1.29 is 38.1 Å². The van der Waals surface area contributed by atoms with Crippen LogP contribution < -0.4 is 11.2 Å². The summed E-state index contributed by atoms with van der Waals surface area (Å²) in [6, 6.07) is 3.51. The largest absolute Gasteiger partial charge is 0.462 e. The number of nitrogens with zero attached hydrogens (tertiary/aromatic N) is 4. The van der Waals surface area contributed by atoms with E-state index in [0.717, 1.165) is 43.4 Å². The van der Waals surface area contributed by atoms with Crippen LogP contribution in [0.3, 0.4) is 0 Å². The van der Waals surface area contributed by atoms with Gasteiger partial charge in [0.15, 0.2) is 29.8 Å². The van der Waals surface area contributed by atoms with Crippen molar-refractivity contribution in [3.8, 4) is 11.5 Å². The fourth-order valence-electron chi connectivity index (χ4n) is 4.15. The summed E-state index contributed by atoms with van der Waals surface area (Å²) in [5.74, 6) is -3.17. The SMILES string of the molecule is CC(=O)OCC(OC(C)=O)C(OC(C)=O)C(Cn1c2nc(=O)n(C)c(=O)c-2nc2cc(C)c(C)cc21)OC(C)=O. The summed E-state index contributed by atoms with van der Waals surface area (Å²) >= 11 is 0. The number of aromatic nitrogens is 4. The highest BCUT2D eigenvalue weighted by atomic mass is 16.6. The molecule has 2 aliphatic heterocycles. The first-order valence-corrected chi connectivity index (χ1v) is 12.2. The zero-order chi connectivity index (χ0) is 29.9. The Morgan fingerprint density at radius 1 is 0.825 bits per heavy atom. The quantitative estimate of drug-likeness (QED) is 0.203. The Kier molecular flexibility index (Phi) is 9.02. The van der Waals surface area contributed by atoms with E-state index in [-0.39, 0.29) is 18.1 Å². The first-order valence-electron chi connectivity index (χ1n) is 12.2. The van der Waals surface area contributed by atoms with E-state index in [0.29, 0.717) is 11.0 Å². The number of hydrogen-bond donors (Lipinski definition) is 0. The molecule has 0 radical (unpaired) electrons. The number of hydrogen-bond acceptors (Lipinski definition) is 12. The topological polar surface area (TPSA) is 175 Å². The molecule has 1 aromatic rings. The maximum Gasteiger partial charge on any atom is 0.352 e. The number of carbonyl (C=O) groups is 4. The molecule has 0 amide bonds. The minimum absolute atomic E-state index is 0.105. The minimum atomic E-state index is -1.47. The molecule has 3 rings (SSSR count). The third-order valence-electron chi connectivity index (χ3n) is 6.06. The normalized spacial score (nSPS) is 13.4. The van der Waals surface area contributed by atoms with Gasteiger partial charge in [-0.2, -0.15) is 4.98 Å². The Morgan fingerprint density at radius 3 is 1.98 bits per heavy atom. The summed E-state index contributed by atoms with van der Waals surface area (Å²) in [5, 5.41) is 0. The summed E-state index contributed by atoms with van der Waals surface area (Å²) in [6.07, 6.45) is -4.22. The molecule has 0 bridgehead atoms. The molecule has 14 heteroatoms. The molecule has 0 aliphatic carbocycles. The maximum absolute atomic E-state index is 13.0. The third kappa shape index (κ3) is 6.68. The van der Waals surface area contributed by atoms with Crippen molar-refractivity contribution in [1.29, 1.82) is 0 Å². The van der Waals surface area contributed by atoms with Crippen molar-refractivity contribution in [1.82, 2.24) is 19.1 Å². The van der Waals surface area contributed by atoms with Gasteiger partial charge in [0.05, 0.1) is 17.6 Å². The molecule has 2 heterocycles. The molecule has 40 heavy (non-hydrogen) atoms. The average Bonchev–Trinajstić information content (AvgIpc) is 2.84. The van der Waals surface area contributed by atoms with Crippen LogP contribution >= 0.6 is 0 Å². The van der Waals surface area contributed by atoms with E-state index < -0.39 is 60.0 Å². The van der Waals surface area contributed by atoms with Crippen LogP contribution in [0, 0.1) is 13.8 Å². The Balaban J connectivity index is 2.31. The number of aryl methyl sites for hydroxylation is 2. The lowest BCUT2D eigenvalue weighted by Gasteiger charge is -2.32. The second kappa shape index (κ2) is 12.1.